The fourth-order valence-electron chi connectivity index (χ4n) is 1.46. The van der Waals surface area contributed by atoms with Gasteiger partial charge in [0.1, 0.15) is 0 Å². The Kier molecular flexibility index (Phi) is 9.17. The number of nitrogens with two attached hydrogens (primary N) is 1. The van der Waals surface area contributed by atoms with Crippen molar-refractivity contribution in [3.05, 3.63) is 0 Å². The number of urea groups is 1. The Morgan fingerprint density at radius 3 is 2.56 bits per heavy atom. The number of nitrogens with one attached hydrogen (secondary N) is 2. The minimum atomic E-state index is -0.478. The van der Waals surface area contributed by atoms with Gasteiger partial charge < -0.3 is 15.8 Å². The molecule has 7 heteroatoms. The van der Waals surface area contributed by atoms with E-state index in [0.717, 1.165) is 0 Å². The maximum atomic E-state index is 11.8. The second-order valence-corrected chi connectivity index (χ2v) is 3.84. The Morgan fingerprint density at radius 1 is 1.39 bits per heavy atom. The van der Waals surface area contributed by atoms with E-state index >= 15 is 0 Å². The highest BCUT2D eigenvalue weighted by Crippen LogP contribution is 1.98. The van der Waals surface area contributed by atoms with Gasteiger partial charge in [-0.1, -0.05) is 0 Å². The molecule has 0 saturated heterocycles. The van der Waals surface area contributed by atoms with Gasteiger partial charge in [0.05, 0.1) is 12.6 Å². The van der Waals surface area contributed by atoms with Crippen molar-refractivity contribution >= 4 is 11.9 Å². The highest BCUT2D eigenvalue weighted by molar-refractivity contribution is 5.96. The van der Waals surface area contributed by atoms with E-state index in [9.17, 15) is 9.59 Å². The van der Waals surface area contributed by atoms with Gasteiger partial charge in [0.15, 0.2) is 0 Å². The van der Waals surface area contributed by atoms with Crippen molar-refractivity contribution in [3.8, 4) is 0 Å². The Morgan fingerprint density at radius 2 is 2.06 bits per heavy atom. The lowest BCUT2D eigenvalue weighted by atomic mass is 10.2. The molecule has 0 spiro atoms. The van der Waals surface area contributed by atoms with Crippen LogP contribution in [0.1, 0.15) is 13.8 Å². The SMILES string of the molecule is CCNC(=O)NC(=O)C(C)N(CCN)CCOC. The molecule has 106 valence electrons. The highest BCUT2D eigenvalue weighted by atomic mass is 16.5. The van der Waals surface area contributed by atoms with Gasteiger partial charge in [-0.15, -0.1) is 0 Å². The summed E-state index contributed by atoms with van der Waals surface area (Å²) in [6.07, 6.45) is 0. The predicted molar refractivity (Wildman–Crippen MR) is 69.2 cm³/mol. The molecule has 0 aromatic heterocycles. The molecule has 1 atom stereocenters. The molecule has 18 heavy (non-hydrogen) atoms. The third kappa shape index (κ3) is 6.53. The summed E-state index contributed by atoms with van der Waals surface area (Å²) in [6.45, 7) is 6.13. The highest BCUT2D eigenvalue weighted by Gasteiger charge is 2.21. The van der Waals surface area contributed by atoms with Gasteiger partial charge in [-0.3, -0.25) is 15.0 Å². The number of rotatable bonds is 8. The first-order chi connectivity index (χ1) is 8.56. The number of imide groups is 1. The van der Waals surface area contributed by atoms with Crippen LogP contribution in [0.25, 0.3) is 0 Å². The first kappa shape index (κ1) is 16.8. The zero-order valence-corrected chi connectivity index (χ0v) is 11.4. The van der Waals surface area contributed by atoms with E-state index in [1.54, 1.807) is 21.0 Å². The summed E-state index contributed by atoms with van der Waals surface area (Å²) in [7, 11) is 1.60. The van der Waals surface area contributed by atoms with Crippen LogP contribution in [0, 0.1) is 0 Å². The fourth-order valence-corrected chi connectivity index (χ4v) is 1.46. The molecule has 0 bridgehead atoms. The van der Waals surface area contributed by atoms with Crippen LogP contribution in [-0.2, 0) is 9.53 Å². The van der Waals surface area contributed by atoms with E-state index in [4.69, 9.17) is 10.5 Å². The standard InChI is InChI=1S/C11H24N4O3/c1-4-13-11(17)14-10(16)9(2)15(6-5-12)7-8-18-3/h9H,4-8,12H2,1-3H3,(H2,13,14,16,17). The van der Waals surface area contributed by atoms with Crippen LogP contribution in [0.5, 0.6) is 0 Å². The molecule has 4 N–H and O–H groups in total. The molecule has 0 saturated carbocycles. The fraction of sp³-hybridized carbons (Fsp3) is 0.818. The van der Waals surface area contributed by atoms with E-state index in [1.165, 1.54) is 0 Å². The molecule has 0 aromatic rings. The molecule has 0 heterocycles. The Labute approximate surface area is 108 Å². The lowest BCUT2D eigenvalue weighted by Gasteiger charge is -2.27. The molecular weight excluding hydrogens is 236 g/mol. The molecular formula is C11H24N4O3. The predicted octanol–water partition coefficient (Wildman–Crippen LogP) is -0.872. The van der Waals surface area contributed by atoms with E-state index in [1.807, 2.05) is 4.90 Å². The van der Waals surface area contributed by atoms with Crippen LogP contribution in [-0.4, -0.2) is 62.8 Å². The number of methoxy groups -OCH3 is 1. The maximum absolute atomic E-state index is 11.8. The quantitative estimate of drug-likeness (QED) is 0.527. The van der Waals surface area contributed by atoms with Crippen LogP contribution in [0.3, 0.4) is 0 Å². The van der Waals surface area contributed by atoms with Crippen molar-refractivity contribution in [3.63, 3.8) is 0 Å². The van der Waals surface area contributed by atoms with Crippen molar-refractivity contribution in [2.45, 2.75) is 19.9 Å². The smallest absolute Gasteiger partial charge is 0.321 e. The zero-order valence-electron chi connectivity index (χ0n) is 11.4. The van der Waals surface area contributed by atoms with Gasteiger partial charge in [-0.25, -0.2) is 4.79 Å². The largest absolute Gasteiger partial charge is 0.383 e. The van der Waals surface area contributed by atoms with Gasteiger partial charge in [0.25, 0.3) is 0 Å². The first-order valence-electron chi connectivity index (χ1n) is 6.08. The maximum Gasteiger partial charge on any atom is 0.321 e. The summed E-state index contributed by atoms with van der Waals surface area (Å²) in [5.74, 6) is -0.342. The lowest BCUT2D eigenvalue weighted by molar-refractivity contribution is -0.124. The molecule has 0 aliphatic carbocycles. The summed E-state index contributed by atoms with van der Waals surface area (Å²) in [4.78, 5) is 24.9. The van der Waals surface area contributed by atoms with Gasteiger partial charge in [0, 0.05) is 33.3 Å². The first-order valence-corrected chi connectivity index (χ1v) is 6.08. The summed E-state index contributed by atoms with van der Waals surface area (Å²) in [6, 6.07) is -0.903. The summed E-state index contributed by atoms with van der Waals surface area (Å²) >= 11 is 0. The third-order valence-electron chi connectivity index (χ3n) is 2.50. The molecule has 3 amide bonds. The van der Waals surface area contributed by atoms with Crippen LogP contribution in [0.4, 0.5) is 4.79 Å². The zero-order chi connectivity index (χ0) is 14.0. The number of amides is 3. The summed E-state index contributed by atoms with van der Waals surface area (Å²) in [5, 5.41) is 4.79. The second kappa shape index (κ2) is 9.81. The number of carbonyl (C=O) groups is 2. The van der Waals surface area contributed by atoms with Crippen LogP contribution < -0.4 is 16.4 Å². The van der Waals surface area contributed by atoms with E-state index < -0.39 is 12.1 Å². The van der Waals surface area contributed by atoms with Crippen LogP contribution >= 0.6 is 0 Å². The number of hydrogen-bond donors (Lipinski definition) is 3. The monoisotopic (exact) mass is 260 g/mol. The van der Waals surface area contributed by atoms with E-state index in [-0.39, 0.29) is 5.91 Å². The molecule has 0 aliphatic rings. The number of nitrogens with zero attached hydrogens (tertiary/aromatic N) is 1. The molecule has 0 aromatic carbocycles. The lowest BCUT2D eigenvalue weighted by Crippen LogP contribution is -2.51. The van der Waals surface area contributed by atoms with Crippen molar-refractivity contribution in [2.24, 2.45) is 5.73 Å². The second-order valence-electron chi connectivity index (χ2n) is 3.84. The molecule has 1 unspecified atom stereocenters. The van der Waals surface area contributed by atoms with Gasteiger partial charge >= 0.3 is 6.03 Å². The van der Waals surface area contributed by atoms with Crippen molar-refractivity contribution in [1.82, 2.24) is 15.5 Å². The molecule has 0 radical (unpaired) electrons. The van der Waals surface area contributed by atoms with E-state index in [2.05, 4.69) is 10.6 Å². The third-order valence-corrected chi connectivity index (χ3v) is 2.50. The summed E-state index contributed by atoms with van der Waals surface area (Å²) < 4.78 is 4.97. The van der Waals surface area contributed by atoms with Crippen molar-refractivity contribution in [1.29, 1.82) is 0 Å². The van der Waals surface area contributed by atoms with Crippen molar-refractivity contribution < 1.29 is 14.3 Å². The van der Waals surface area contributed by atoms with Gasteiger partial charge in [0.2, 0.25) is 5.91 Å². The Bertz CT molecular complexity index is 261. The molecule has 0 rings (SSSR count). The molecule has 0 fully saturated rings. The number of hydrogen-bond acceptors (Lipinski definition) is 5. The average Bonchev–Trinajstić information content (AvgIpc) is 2.33. The topological polar surface area (TPSA) is 96.7 Å². The van der Waals surface area contributed by atoms with Gasteiger partial charge in [-0.2, -0.15) is 0 Å². The van der Waals surface area contributed by atoms with E-state index in [0.29, 0.717) is 32.8 Å². The molecule has 0 aliphatic heterocycles. The summed E-state index contributed by atoms with van der Waals surface area (Å²) in [5.41, 5.74) is 5.49. The number of ether oxygens (including phenoxy) is 1. The van der Waals surface area contributed by atoms with Crippen LogP contribution in [0.15, 0.2) is 0 Å². The average molecular weight is 260 g/mol. The van der Waals surface area contributed by atoms with Crippen molar-refractivity contribution in [2.75, 3.05) is 39.9 Å². The Hall–Kier alpha value is -1.18. The minimum absolute atomic E-state index is 0.342. The molecule has 7 nitrogen and oxygen atoms in total. The minimum Gasteiger partial charge on any atom is -0.383 e. The normalized spacial score (nSPS) is 12.3. The number of carbonyl (C=O) groups excluding carboxylic acids is 2. The van der Waals surface area contributed by atoms with Crippen LogP contribution in [0.2, 0.25) is 0 Å². The van der Waals surface area contributed by atoms with Gasteiger partial charge in [-0.05, 0) is 13.8 Å². The Balaban J connectivity index is 4.31.